The van der Waals surface area contributed by atoms with Crippen LogP contribution in [0.1, 0.15) is 16.2 Å². The SMILES string of the molecule is Cc1cccc(Nc2nc(C(=O)Nc3ccc4ncccc4c3)cs2)n1. The second-order valence-corrected chi connectivity index (χ2v) is 6.55. The van der Waals surface area contributed by atoms with Gasteiger partial charge in [-0.25, -0.2) is 9.97 Å². The summed E-state index contributed by atoms with van der Waals surface area (Å²) in [6.07, 6.45) is 1.74. The number of benzene rings is 1. The highest BCUT2D eigenvalue weighted by molar-refractivity contribution is 7.14. The van der Waals surface area contributed by atoms with E-state index in [0.717, 1.165) is 16.6 Å². The molecule has 0 atom stereocenters. The second kappa shape index (κ2) is 6.89. The monoisotopic (exact) mass is 361 g/mol. The Morgan fingerprint density at radius 2 is 2.00 bits per heavy atom. The van der Waals surface area contributed by atoms with Crippen molar-refractivity contribution in [3.63, 3.8) is 0 Å². The van der Waals surface area contributed by atoms with Gasteiger partial charge in [-0.2, -0.15) is 0 Å². The van der Waals surface area contributed by atoms with E-state index < -0.39 is 0 Å². The molecule has 0 aliphatic rings. The van der Waals surface area contributed by atoms with Crippen molar-refractivity contribution < 1.29 is 4.79 Å². The molecule has 0 aliphatic heterocycles. The molecule has 128 valence electrons. The molecule has 4 rings (SSSR count). The van der Waals surface area contributed by atoms with Gasteiger partial charge in [0.2, 0.25) is 0 Å². The fourth-order valence-corrected chi connectivity index (χ4v) is 3.20. The zero-order chi connectivity index (χ0) is 17.9. The van der Waals surface area contributed by atoms with Crippen molar-refractivity contribution in [3.8, 4) is 0 Å². The zero-order valence-corrected chi connectivity index (χ0v) is 14.7. The van der Waals surface area contributed by atoms with Crippen molar-refractivity contribution in [2.45, 2.75) is 6.92 Å². The molecule has 0 fully saturated rings. The van der Waals surface area contributed by atoms with E-state index >= 15 is 0 Å². The minimum atomic E-state index is -0.255. The van der Waals surface area contributed by atoms with Gasteiger partial charge in [-0.1, -0.05) is 12.1 Å². The van der Waals surface area contributed by atoms with Crippen LogP contribution in [0.4, 0.5) is 16.6 Å². The number of nitrogens with one attached hydrogen (secondary N) is 2. The molecule has 0 bridgehead atoms. The molecule has 0 saturated carbocycles. The third-order valence-electron chi connectivity index (χ3n) is 3.72. The van der Waals surface area contributed by atoms with Gasteiger partial charge in [-0.3, -0.25) is 9.78 Å². The first-order valence-corrected chi connectivity index (χ1v) is 8.88. The van der Waals surface area contributed by atoms with Crippen molar-refractivity contribution in [3.05, 3.63) is 71.5 Å². The number of thiazole rings is 1. The zero-order valence-electron chi connectivity index (χ0n) is 13.9. The smallest absolute Gasteiger partial charge is 0.275 e. The Labute approximate surface area is 154 Å². The molecule has 3 aromatic heterocycles. The first kappa shape index (κ1) is 16.2. The van der Waals surface area contributed by atoms with Crippen molar-refractivity contribution in [2.24, 2.45) is 0 Å². The largest absolute Gasteiger partial charge is 0.321 e. The number of anilines is 3. The van der Waals surface area contributed by atoms with Crippen LogP contribution in [0.25, 0.3) is 10.9 Å². The lowest BCUT2D eigenvalue weighted by molar-refractivity contribution is 0.102. The number of carbonyl (C=O) groups excluding carboxylic acids is 1. The van der Waals surface area contributed by atoms with Gasteiger partial charge in [0, 0.05) is 28.3 Å². The maximum Gasteiger partial charge on any atom is 0.275 e. The quantitative estimate of drug-likeness (QED) is 0.563. The number of aryl methyl sites for hydroxylation is 1. The predicted molar refractivity (Wildman–Crippen MR) is 104 cm³/mol. The van der Waals surface area contributed by atoms with E-state index in [-0.39, 0.29) is 5.91 Å². The Balaban J connectivity index is 1.48. The van der Waals surface area contributed by atoms with Crippen LogP contribution in [0.5, 0.6) is 0 Å². The Kier molecular flexibility index (Phi) is 4.28. The Morgan fingerprint density at radius 3 is 2.88 bits per heavy atom. The van der Waals surface area contributed by atoms with Gasteiger partial charge in [0.05, 0.1) is 5.52 Å². The van der Waals surface area contributed by atoms with Gasteiger partial charge in [-0.05, 0) is 43.3 Å². The number of rotatable bonds is 4. The van der Waals surface area contributed by atoms with E-state index in [1.165, 1.54) is 11.3 Å². The molecular formula is C19H15N5OS. The lowest BCUT2D eigenvalue weighted by Gasteiger charge is -2.05. The molecule has 0 saturated heterocycles. The molecule has 0 unspecified atom stereocenters. The van der Waals surface area contributed by atoms with Gasteiger partial charge in [-0.15, -0.1) is 11.3 Å². The van der Waals surface area contributed by atoms with E-state index in [9.17, 15) is 4.79 Å². The van der Waals surface area contributed by atoms with E-state index in [2.05, 4.69) is 25.6 Å². The summed E-state index contributed by atoms with van der Waals surface area (Å²) in [6.45, 7) is 1.92. The summed E-state index contributed by atoms with van der Waals surface area (Å²) in [5, 5.41) is 9.30. The second-order valence-electron chi connectivity index (χ2n) is 5.69. The molecule has 4 aromatic rings. The maximum absolute atomic E-state index is 12.4. The number of fused-ring (bicyclic) bond motifs is 1. The Morgan fingerprint density at radius 1 is 1.08 bits per heavy atom. The number of pyridine rings is 2. The first-order valence-electron chi connectivity index (χ1n) is 8.00. The van der Waals surface area contributed by atoms with Crippen LogP contribution < -0.4 is 10.6 Å². The summed E-state index contributed by atoms with van der Waals surface area (Å²) in [7, 11) is 0. The summed E-state index contributed by atoms with van der Waals surface area (Å²) in [5.41, 5.74) is 2.86. The lowest BCUT2D eigenvalue weighted by atomic mass is 10.2. The number of amides is 1. The highest BCUT2D eigenvalue weighted by Crippen LogP contribution is 2.22. The highest BCUT2D eigenvalue weighted by Gasteiger charge is 2.12. The van der Waals surface area contributed by atoms with E-state index in [4.69, 9.17) is 0 Å². The standard InChI is InChI=1S/C19H15N5OS/c1-12-4-2-6-17(21-12)24-19-23-16(11-26-19)18(25)22-14-7-8-15-13(10-14)5-3-9-20-15/h2-11H,1H3,(H,22,25)(H,21,23,24). The normalized spacial score (nSPS) is 10.7. The predicted octanol–water partition coefficient (Wildman–Crippen LogP) is 4.39. The van der Waals surface area contributed by atoms with Crippen LogP contribution in [0, 0.1) is 6.92 Å². The number of hydrogen-bond acceptors (Lipinski definition) is 6. The number of carbonyl (C=O) groups is 1. The molecule has 3 heterocycles. The fraction of sp³-hybridized carbons (Fsp3) is 0.0526. The lowest BCUT2D eigenvalue weighted by Crippen LogP contribution is -2.12. The van der Waals surface area contributed by atoms with Gasteiger partial charge in [0.25, 0.3) is 5.91 Å². The summed E-state index contributed by atoms with van der Waals surface area (Å²) in [5.74, 6) is 0.447. The summed E-state index contributed by atoms with van der Waals surface area (Å²) < 4.78 is 0. The minimum Gasteiger partial charge on any atom is -0.321 e. The first-order chi connectivity index (χ1) is 12.7. The van der Waals surface area contributed by atoms with E-state index in [1.807, 2.05) is 55.5 Å². The highest BCUT2D eigenvalue weighted by atomic mass is 32.1. The third-order valence-corrected chi connectivity index (χ3v) is 4.48. The van der Waals surface area contributed by atoms with Gasteiger partial charge in [0.15, 0.2) is 5.13 Å². The van der Waals surface area contributed by atoms with Crippen molar-refractivity contribution >= 4 is 44.8 Å². The molecule has 1 amide bonds. The Bertz CT molecular complexity index is 1090. The number of aromatic nitrogens is 3. The van der Waals surface area contributed by atoms with Crippen LogP contribution in [-0.4, -0.2) is 20.9 Å². The maximum atomic E-state index is 12.4. The van der Waals surface area contributed by atoms with Gasteiger partial charge >= 0.3 is 0 Å². The number of nitrogens with zero attached hydrogens (tertiary/aromatic N) is 3. The summed E-state index contributed by atoms with van der Waals surface area (Å²) >= 11 is 1.36. The average Bonchev–Trinajstić information content (AvgIpc) is 3.10. The molecule has 7 heteroatoms. The molecule has 6 nitrogen and oxygen atoms in total. The third kappa shape index (κ3) is 3.52. The van der Waals surface area contributed by atoms with Crippen molar-refractivity contribution in [1.29, 1.82) is 0 Å². The van der Waals surface area contributed by atoms with E-state index in [0.29, 0.717) is 22.3 Å². The molecule has 26 heavy (non-hydrogen) atoms. The van der Waals surface area contributed by atoms with E-state index in [1.54, 1.807) is 11.6 Å². The number of hydrogen-bond donors (Lipinski definition) is 2. The average molecular weight is 361 g/mol. The van der Waals surface area contributed by atoms with Crippen molar-refractivity contribution in [2.75, 3.05) is 10.6 Å². The fourth-order valence-electron chi connectivity index (χ4n) is 2.51. The van der Waals surface area contributed by atoms with Crippen molar-refractivity contribution in [1.82, 2.24) is 15.0 Å². The Hall–Kier alpha value is -3.32. The summed E-state index contributed by atoms with van der Waals surface area (Å²) in [6, 6.07) is 15.1. The van der Waals surface area contributed by atoms with Crippen LogP contribution >= 0.6 is 11.3 Å². The van der Waals surface area contributed by atoms with Crippen LogP contribution in [0.2, 0.25) is 0 Å². The molecular weight excluding hydrogens is 346 g/mol. The van der Waals surface area contributed by atoms with Gasteiger partial charge in [0.1, 0.15) is 11.5 Å². The molecule has 0 spiro atoms. The van der Waals surface area contributed by atoms with Gasteiger partial charge < -0.3 is 10.6 Å². The van der Waals surface area contributed by atoms with Crippen LogP contribution in [0.15, 0.2) is 60.1 Å². The molecule has 0 aliphatic carbocycles. The van der Waals surface area contributed by atoms with Crippen LogP contribution in [0.3, 0.4) is 0 Å². The molecule has 2 N–H and O–H groups in total. The molecule has 0 radical (unpaired) electrons. The van der Waals surface area contributed by atoms with Crippen LogP contribution in [-0.2, 0) is 0 Å². The molecule has 1 aromatic carbocycles. The minimum absolute atomic E-state index is 0.255. The topological polar surface area (TPSA) is 79.8 Å². The summed E-state index contributed by atoms with van der Waals surface area (Å²) in [4.78, 5) is 25.4.